The standard InChI is InChI=1S/C32H35BrN2O9S/c1-8-41-24-13-19(12-21(33)29(24)43-16-26(36)40-7)14-25-30(37)35-28(20-10-11-22(44-17(3)4)23(15-20)39-6)27(31(38)42-9-2)18(5)34-32(35)45-25/h10-15,17,28H,8-9,16H2,1-7H3/b25-14-/t28-/m1/s1. The summed E-state index contributed by atoms with van der Waals surface area (Å²) in [6.07, 6.45) is 1.62. The van der Waals surface area contributed by atoms with E-state index < -0.39 is 18.0 Å². The van der Waals surface area contributed by atoms with Gasteiger partial charge in [0.1, 0.15) is 0 Å². The lowest BCUT2D eigenvalue weighted by Gasteiger charge is -2.25. The summed E-state index contributed by atoms with van der Waals surface area (Å²) in [5, 5.41) is 0. The number of hydrogen-bond donors (Lipinski definition) is 0. The highest BCUT2D eigenvalue weighted by molar-refractivity contribution is 9.10. The minimum absolute atomic E-state index is 0.0867. The van der Waals surface area contributed by atoms with E-state index in [-0.39, 0.29) is 30.5 Å². The van der Waals surface area contributed by atoms with Crippen LogP contribution in [0.1, 0.15) is 51.8 Å². The summed E-state index contributed by atoms with van der Waals surface area (Å²) < 4.78 is 35.4. The zero-order valence-corrected chi connectivity index (χ0v) is 28.5. The summed E-state index contributed by atoms with van der Waals surface area (Å²) in [5.74, 6) is 0.604. The molecule has 3 aromatic rings. The average Bonchev–Trinajstić information content (AvgIpc) is 3.29. The second-order valence-corrected chi connectivity index (χ2v) is 11.9. The molecule has 0 radical (unpaired) electrons. The maximum atomic E-state index is 14.1. The molecule has 11 nitrogen and oxygen atoms in total. The molecule has 240 valence electrons. The maximum absolute atomic E-state index is 14.1. The van der Waals surface area contributed by atoms with E-state index >= 15 is 0 Å². The molecule has 1 aliphatic rings. The molecule has 13 heteroatoms. The molecule has 2 aromatic carbocycles. The molecule has 2 heterocycles. The molecule has 0 spiro atoms. The first-order valence-electron chi connectivity index (χ1n) is 14.2. The topological polar surface area (TPSA) is 124 Å². The van der Waals surface area contributed by atoms with E-state index in [2.05, 4.69) is 25.7 Å². The van der Waals surface area contributed by atoms with Crippen LogP contribution in [-0.2, 0) is 19.1 Å². The normalized spacial score (nSPS) is 14.5. The first-order chi connectivity index (χ1) is 21.5. The predicted molar refractivity (Wildman–Crippen MR) is 172 cm³/mol. The second-order valence-electron chi connectivity index (χ2n) is 10.0. The minimum atomic E-state index is -0.829. The van der Waals surface area contributed by atoms with Crippen LogP contribution in [-0.4, -0.2) is 56.6 Å². The summed E-state index contributed by atoms with van der Waals surface area (Å²) in [4.78, 5) is 44.1. The van der Waals surface area contributed by atoms with Gasteiger partial charge in [0.15, 0.2) is 34.4 Å². The van der Waals surface area contributed by atoms with Gasteiger partial charge in [-0.1, -0.05) is 17.4 Å². The summed E-state index contributed by atoms with van der Waals surface area (Å²) >= 11 is 4.69. The summed E-state index contributed by atoms with van der Waals surface area (Å²) in [7, 11) is 2.81. The van der Waals surface area contributed by atoms with Crippen LogP contribution in [0.5, 0.6) is 23.0 Å². The van der Waals surface area contributed by atoms with Crippen molar-refractivity contribution in [3.05, 3.63) is 76.9 Å². The third-order valence-corrected chi connectivity index (χ3v) is 8.15. The van der Waals surface area contributed by atoms with Crippen molar-refractivity contribution in [2.75, 3.05) is 34.0 Å². The van der Waals surface area contributed by atoms with Gasteiger partial charge in [0.25, 0.3) is 5.56 Å². The van der Waals surface area contributed by atoms with E-state index in [0.29, 0.717) is 60.2 Å². The highest BCUT2D eigenvalue weighted by Crippen LogP contribution is 2.38. The number of esters is 2. The molecule has 0 saturated heterocycles. The average molecular weight is 704 g/mol. The predicted octanol–water partition coefficient (Wildman–Crippen LogP) is 4.31. The van der Waals surface area contributed by atoms with Gasteiger partial charge in [-0.15, -0.1) is 0 Å². The van der Waals surface area contributed by atoms with E-state index in [1.165, 1.54) is 30.1 Å². The first-order valence-corrected chi connectivity index (χ1v) is 15.8. The number of benzene rings is 2. The lowest BCUT2D eigenvalue weighted by molar-refractivity contribution is -0.143. The molecule has 0 bridgehead atoms. The Kier molecular flexibility index (Phi) is 11.1. The van der Waals surface area contributed by atoms with Crippen LogP contribution in [0.25, 0.3) is 6.08 Å². The Hall–Kier alpha value is -4.10. The van der Waals surface area contributed by atoms with Crippen molar-refractivity contribution in [1.29, 1.82) is 0 Å². The summed E-state index contributed by atoms with van der Waals surface area (Å²) in [5.41, 5.74) is 1.61. The molecule has 0 unspecified atom stereocenters. The first kappa shape index (κ1) is 33.8. The number of carbonyl (C=O) groups excluding carboxylic acids is 2. The van der Waals surface area contributed by atoms with E-state index in [4.69, 9.17) is 23.7 Å². The summed E-state index contributed by atoms with van der Waals surface area (Å²) in [6.45, 7) is 9.29. The number of carbonyl (C=O) groups is 2. The molecule has 1 aromatic heterocycles. The van der Waals surface area contributed by atoms with Gasteiger partial charge < -0.3 is 28.4 Å². The number of nitrogens with zero attached hydrogens (tertiary/aromatic N) is 2. The van der Waals surface area contributed by atoms with Crippen molar-refractivity contribution in [1.82, 2.24) is 4.57 Å². The fourth-order valence-electron chi connectivity index (χ4n) is 4.73. The molecule has 0 aliphatic carbocycles. The molecule has 4 rings (SSSR count). The largest absolute Gasteiger partial charge is 0.493 e. The number of fused-ring (bicyclic) bond motifs is 1. The molecular formula is C32H35BrN2O9S. The van der Waals surface area contributed by atoms with Gasteiger partial charge in [-0.25, -0.2) is 14.6 Å². The Bertz CT molecular complexity index is 1810. The lowest BCUT2D eigenvalue weighted by atomic mass is 9.95. The Morgan fingerprint density at radius 1 is 1.07 bits per heavy atom. The van der Waals surface area contributed by atoms with Crippen LogP contribution < -0.4 is 33.8 Å². The van der Waals surface area contributed by atoms with Crippen molar-refractivity contribution in [2.24, 2.45) is 4.99 Å². The molecule has 0 amide bonds. The smallest absolute Gasteiger partial charge is 0.343 e. The highest BCUT2D eigenvalue weighted by Gasteiger charge is 2.34. The van der Waals surface area contributed by atoms with E-state index in [1.54, 1.807) is 50.3 Å². The zero-order valence-electron chi connectivity index (χ0n) is 26.1. The number of hydrogen-bond acceptors (Lipinski definition) is 11. The van der Waals surface area contributed by atoms with Crippen LogP contribution in [0.4, 0.5) is 0 Å². The van der Waals surface area contributed by atoms with E-state index in [0.717, 1.165) is 0 Å². The van der Waals surface area contributed by atoms with Crippen LogP contribution in [0, 0.1) is 0 Å². The number of aromatic nitrogens is 1. The van der Waals surface area contributed by atoms with Gasteiger partial charge in [-0.2, -0.15) is 0 Å². The molecular weight excluding hydrogens is 668 g/mol. The highest BCUT2D eigenvalue weighted by atomic mass is 79.9. The van der Waals surface area contributed by atoms with Gasteiger partial charge >= 0.3 is 11.9 Å². The fourth-order valence-corrected chi connectivity index (χ4v) is 6.35. The van der Waals surface area contributed by atoms with E-state index in [9.17, 15) is 14.4 Å². The zero-order chi connectivity index (χ0) is 32.8. The molecule has 0 N–H and O–H groups in total. The van der Waals surface area contributed by atoms with Crippen LogP contribution in [0.2, 0.25) is 0 Å². The van der Waals surface area contributed by atoms with Crippen molar-refractivity contribution in [3.8, 4) is 23.0 Å². The SMILES string of the molecule is CCOC(=O)C1=C(C)N=c2s/c(=C\c3cc(Br)c(OCC(=O)OC)c(OCC)c3)c(=O)n2[C@@H]1c1ccc(OC(C)C)c(OC)c1. The summed E-state index contributed by atoms with van der Waals surface area (Å²) in [6, 6.07) is 7.96. The molecule has 0 saturated carbocycles. The monoisotopic (exact) mass is 702 g/mol. The van der Waals surface area contributed by atoms with Crippen LogP contribution in [0.3, 0.4) is 0 Å². The van der Waals surface area contributed by atoms with Gasteiger partial charge in [0, 0.05) is 0 Å². The minimum Gasteiger partial charge on any atom is -0.493 e. The van der Waals surface area contributed by atoms with Crippen molar-refractivity contribution in [2.45, 2.75) is 46.8 Å². The number of thiazole rings is 1. The molecule has 1 atom stereocenters. The second kappa shape index (κ2) is 14.8. The fraction of sp³-hybridized carbons (Fsp3) is 0.375. The Labute approximate surface area is 272 Å². The van der Waals surface area contributed by atoms with Gasteiger partial charge in [0.2, 0.25) is 0 Å². The Balaban J connectivity index is 1.89. The van der Waals surface area contributed by atoms with Crippen LogP contribution in [0.15, 0.2) is 55.9 Å². The number of halogens is 1. The van der Waals surface area contributed by atoms with Crippen molar-refractivity contribution in [3.63, 3.8) is 0 Å². The maximum Gasteiger partial charge on any atom is 0.343 e. The third-order valence-electron chi connectivity index (χ3n) is 6.57. The number of methoxy groups -OCH3 is 2. The molecule has 45 heavy (non-hydrogen) atoms. The third kappa shape index (κ3) is 7.42. The lowest BCUT2D eigenvalue weighted by Crippen LogP contribution is -2.40. The van der Waals surface area contributed by atoms with Gasteiger partial charge in [-0.3, -0.25) is 9.36 Å². The van der Waals surface area contributed by atoms with Crippen LogP contribution >= 0.6 is 27.3 Å². The van der Waals surface area contributed by atoms with Gasteiger partial charge in [0.05, 0.1) is 59.9 Å². The number of rotatable bonds is 12. The number of allylic oxidation sites excluding steroid dienone is 1. The quantitative estimate of drug-likeness (QED) is 0.254. The molecule has 1 aliphatic heterocycles. The Morgan fingerprint density at radius 2 is 1.82 bits per heavy atom. The van der Waals surface area contributed by atoms with Crippen molar-refractivity contribution < 1.29 is 38.0 Å². The number of ether oxygens (including phenoxy) is 6. The Morgan fingerprint density at radius 3 is 2.47 bits per heavy atom. The van der Waals surface area contributed by atoms with E-state index in [1.807, 2.05) is 20.8 Å². The van der Waals surface area contributed by atoms with Crippen molar-refractivity contribution >= 4 is 45.3 Å². The molecule has 0 fully saturated rings. The van der Waals surface area contributed by atoms with Gasteiger partial charge in [-0.05, 0) is 92.0 Å².